The van der Waals surface area contributed by atoms with Crippen LogP contribution < -0.4 is 15.5 Å². The second-order valence-corrected chi connectivity index (χ2v) is 9.34. The smallest absolute Gasteiger partial charge is 0.234 e. The van der Waals surface area contributed by atoms with Gasteiger partial charge in [0.2, 0.25) is 5.91 Å². The number of rotatable bonds is 3. The van der Waals surface area contributed by atoms with Gasteiger partial charge in [-0.3, -0.25) is 15.0 Å². The van der Waals surface area contributed by atoms with Gasteiger partial charge in [-0.25, -0.2) is 0 Å². The summed E-state index contributed by atoms with van der Waals surface area (Å²) in [6, 6.07) is 7.37. The van der Waals surface area contributed by atoms with Crippen molar-refractivity contribution in [3.8, 4) is 5.75 Å². The van der Waals surface area contributed by atoms with Crippen molar-refractivity contribution in [2.45, 2.75) is 53.0 Å². The minimum Gasteiger partial charge on any atom is -0.497 e. The van der Waals surface area contributed by atoms with Gasteiger partial charge >= 0.3 is 0 Å². The van der Waals surface area contributed by atoms with E-state index in [4.69, 9.17) is 4.74 Å². The number of hydrazone groups is 1. The Bertz CT molecular complexity index is 858. The summed E-state index contributed by atoms with van der Waals surface area (Å²) in [5.74, 6) is -0.204. The molecule has 1 aliphatic carbocycles. The summed E-state index contributed by atoms with van der Waals surface area (Å²) in [6.45, 7) is 9.90. The molecule has 150 valence electrons. The predicted octanol–water partition coefficient (Wildman–Crippen LogP) is 3.18. The number of hydrogen-bond donors (Lipinski definition) is 2. The number of nitrogens with one attached hydrogen (secondary N) is 2. The van der Waals surface area contributed by atoms with Crippen molar-refractivity contribution in [1.82, 2.24) is 10.7 Å². The molecule has 1 aromatic rings. The van der Waals surface area contributed by atoms with Gasteiger partial charge in [0.1, 0.15) is 11.7 Å². The quantitative estimate of drug-likeness (QED) is 0.840. The summed E-state index contributed by atoms with van der Waals surface area (Å²) in [4.78, 5) is 26.3. The highest BCUT2D eigenvalue weighted by Crippen LogP contribution is 2.40. The summed E-state index contributed by atoms with van der Waals surface area (Å²) >= 11 is 0. The summed E-state index contributed by atoms with van der Waals surface area (Å²) in [6.07, 6.45) is 1.11. The van der Waals surface area contributed by atoms with E-state index in [1.54, 1.807) is 7.11 Å². The zero-order valence-corrected chi connectivity index (χ0v) is 17.5. The van der Waals surface area contributed by atoms with Crippen LogP contribution in [0.4, 0.5) is 0 Å². The van der Waals surface area contributed by atoms with E-state index in [0.29, 0.717) is 24.1 Å². The number of Topliss-reactive ketones (excluding diaryl/α,β-unsaturated/α-hetero) is 1. The van der Waals surface area contributed by atoms with Crippen LogP contribution in [0, 0.1) is 11.3 Å². The van der Waals surface area contributed by atoms with E-state index in [-0.39, 0.29) is 17.1 Å². The lowest BCUT2D eigenvalue weighted by atomic mass is 9.71. The van der Waals surface area contributed by atoms with Crippen molar-refractivity contribution in [1.29, 1.82) is 0 Å². The highest BCUT2D eigenvalue weighted by atomic mass is 16.5. The Morgan fingerprint density at radius 3 is 2.43 bits per heavy atom. The molecule has 6 heteroatoms. The fourth-order valence-corrected chi connectivity index (χ4v) is 3.79. The Morgan fingerprint density at radius 2 is 1.86 bits per heavy atom. The summed E-state index contributed by atoms with van der Waals surface area (Å²) in [5.41, 5.74) is 5.14. The zero-order valence-electron chi connectivity index (χ0n) is 17.5. The van der Waals surface area contributed by atoms with Crippen LogP contribution in [0.15, 0.2) is 40.6 Å². The molecular formula is C22H29N3O3. The highest BCUT2D eigenvalue weighted by molar-refractivity contribution is 6.21. The molecule has 0 spiro atoms. The van der Waals surface area contributed by atoms with E-state index < -0.39 is 11.5 Å². The van der Waals surface area contributed by atoms with Crippen molar-refractivity contribution < 1.29 is 14.3 Å². The maximum absolute atomic E-state index is 13.3. The molecule has 2 N–H and O–H groups in total. The number of carbonyl (C=O) groups is 2. The maximum Gasteiger partial charge on any atom is 0.234 e. The molecule has 3 rings (SSSR count). The lowest BCUT2D eigenvalue weighted by Crippen LogP contribution is -2.50. The second-order valence-electron chi connectivity index (χ2n) is 9.34. The normalized spacial score (nSPS) is 21.4. The number of allylic oxidation sites excluding steroid dienone is 1. The van der Waals surface area contributed by atoms with Crippen molar-refractivity contribution in [3.05, 3.63) is 41.1 Å². The number of carbonyl (C=O) groups excluding carboxylic acids is 2. The van der Waals surface area contributed by atoms with Crippen LogP contribution in [0.2, 0.25) is 0 Å². The third-order valence-electron chi connectivity index (χ3n) is 4.94. The van der Waals surface area contributed by atoms with Gasteiger partial charge in [-0.05, 0) is 62.4 Å². The summed E-state index contributed by atoms with van der Waals surface area (Å²) in [7, 11) is 1.60. The molecular weight excluding hydrogens is 354 g/mol. The molecule has 0 aromatic heterocycles. The van der Waals surface area contributed by atoms with E-state index in [1.165, 1.54) is 0 Å². The van der Waals surface area contributed by atoms with Crippen LogP contribution in [0.1, 0.15) is 53.0 Å². The molecule has 1 heterocycles. The monoisotopic (exact) mass is 383 g/mol. The van der Waals surface area contributed by atoms with E-state index in [1.807, 2.05) is 45.0 Å². The predicted molar refractivity (Wildman–Crippen MR) is 109 cm³/mol. The van der Waals surface area contributed by atoms with Gasteiger partial charge in [0, 0.05) is 23.2 Å². The Balaban J connectivity index is 2.06. The number of amides is 1. The average Bonchev–Trinajstić information content (AvgIpc) is 2.58. The van der Waals surface area contributed by atoms with Crippen molar-refractivity contribution in [2.75, 3.05) is 7.11 Å². The molecule has 1 aliphatic heterocycles. The van der Waals surface area contributed by atoms with Gasteiger partial charge in [0.15, 0.2) is 5.78 Å². The van der Waals surface area contributed by atoms with Crippen LogP contribution in [-0.4, -0.2) is 30.1 Å². The number of nitrogens with zero attached hydrogens (tertiary/aromatic N) is 1. The molecule has 0 fully saturated rings. The lowest BCUT2D eigenvalue weighted by Gasteiger charge is -2.37. The van der Waals surface area contributed by atoms with Crippen molar-refractivity contribution in [3.63, 3.8) is 0 Å². The van der Waals surface area contributed by atoms with Crippen molar-refractivity contribution >= 4 is 17.4 Å². The standard InChI is InChI=1S/C22H29N3O3/c1-21(2,3)23-20(27)18-17-15(11-22(4,5)12-16(17)26)24-25-19(18)13-7-9-14(28-6)10-8-13/h7-10,18,24H,11-12H2,1-6H3,(H,23,27)/t18-/m0/s1. The topological polar surface area (TPSA) is 79.8 Å². The Labute approximate surface area is 166 Å². The Kier molecular flexibility index (Phi) is 5.08. The lowest BCUT2D eigenvalue weighted by molar-refractivity contribution is -0.126. The molecule has 0 saturated carbocycles. The fourth-order valence-electron chi connectivity index (χ4n) is 3.79. The van der Waals surface area contributed by atoms with Gasteiger partial charge in [0.05, 0.1) is 12.8 Å². The third-order valence-corrected chi connectivity index (χ3v) is 4.94. The van der Waals surface area contributed by atoms with Gasteiger partial charge in [-0.1, -0.05) is 13.8 Å². The molecule has 2 aliphatic rings. The zero-order chi connectivity index (χ0) is 20.7. The van der Waals surface area contributed by atoms with E-state index in [0.717, 1.165) is 17.0 Å². The fraction of sp³-hybridized carbons (Fsp3) is 0.500. The van der Waals surface area contributed by atoms with Gasteiger partial charge in [0.25, 0.3) is 0 Å². The molecule has 0 radical (unpaired) electrons. The van der Waals surface area contributed by atoms with Gasteiger partial charge in [-0.2, -0.15) is 5.10 Å². The first-order valence-electron chi connectivity index (χ1n) is 9.57. The Hall–Kier alpha value is -2.63. The Morgan fingerprint density at radius 1 is 1.21 bits per heavy atom. The molecule has 28 heavy (non-hydrogen) atoms. The van der Waals surface area contributed by atoms with E-state index in [2.05, 4.69) is 29.7 Å². The molecule has 0 bridgehead atoms. The third kappa shape index (κ3) is 4.11. The minimum absolute atomic E-state index is 0.00807. The number of ether oxygens (including phenoxy) is 1. The second kappa shape index (κ2) is 7.08. The van der Waals surface area contributed by atoms with Crippen LogP contribution in [0.3, 0.4) is 0 Å². The number of hydrogen-bond acceptors (Lipinski definition) is 5. The first kappa shape index (κ1) is 20.1. The SMILES string of the molecule is COc1ccc(C2=NNC3=C(C(=O)CC(C)(C)C3)[C@@H]2C(=O)NC(C)(C)C)cc1. The van der Waals surface area contributed by atoms with Crippen LogP contribution >= 0.6 is 0 Å². The maximum atomic E-state index is 13.3. The van der Waals surface area contributed by atoms with Crippen LogP contribution in [0.25, 0.3) is 0 Å². The first-order valence-corrected chi connectivity index (χ1v) is 9.57. The minimum atomic E-state index is -0.729. The van der Waals surface area contributed by atoms with Gasteiger partial charge in [-0.15, -0.1) is 0 Å². The number of methoxy groups -OCH3 is 1. The van der Waals surface area contributed by atoms with Gasteiger partial charge < -0.3 is 10.1 Å². The molecule has 1 amide bonds. The molecule has 6 nitrogen and oxygen atoms in total. The van der Waals surface area contributed by atoms with E-state index >= 15 is 0 Å². The molecule has 0 saturated heterocycles. The largest absolute Gasteiger partial charge is 0.497 e. The average molecular weight is 383 g/mol. The number of benzene rings is 1. The molecule has 0 unspecified atom stereocenters. The highest BCUT2D eigenvalue weighted by Gasteiger charge is 2.43. The summed E-state index contributed by atoms with van der Waals surface area (Å²) < 4.78 is 5.22. The van der Waals surface area contributed by atoms with Crippen LogP contribution in [0.5, 0.6) is 5.75 Å². The summed E-state index contributed by atoms with van der Waals surface area (Å²) in [5, 5.41) is 7.55. The van der Waals surface area contributed by atoms with Crippen LogP contribution in [-0.2, 0) is 9.59 Å². The van der Waals surface area contributed by atoms with E-state index in [9.17, 15) is 9.59 Å². The number of ketones is 1. The molecule has 1 aromatic carbocycles. The molecule has 1 atom stereocenters. The van der Waals surface area contributed by atoms with Crippen molar-refractivity contribution in [2.24, 2.45) is 16.4 Å². The first-order chi connectivity index (χ1) is 13.0.